The van der Waals surface area contributed by atoms with Gasteiger partial charge in [0.15, 0.2) is 5.96 Å². The minimum atomic E-state index is -5.23. The summed E-state index contributed by atoms with van der Waals surface area (Å²) in [4.78, 5) is 7.94. The van der Waals surface area contributed by atoms with Gasteiger partial charge in [-0.2, -0.15) is 17.5 Å². The SMILES string of the molecule is CCNC(=NCC1CCN(S(=O)(=O)C(F)(F)F)CC1)N(C)CCc1cccs1.I. The van der Waals surface area contributed by atoms with Gasteiger partial charge in [-0.3, -0.25) is 4.99 Å². The summed E-state index contributed by atoms with van der Waals surface area (Å²) in [6.07, 6.45) is 1.65. The minimum Gasteiger partial charge on any atom is -0.357 e. The number of nitrogens with one attached hydrogen (secondary N) is 1. The fourth-order valence-electron chi connectivity index (χ4n) is 3.00. The van der Waals surface area contributed by atoms with Crippen LogP contribution in [0.5, 0.6) is 0 Å². The van der Waals surface area contributed by atoms with Crippen molar-refractivity contribution in [3.8, 4) is 0 Å². The Morgan fingerprint density at radius 1 is 1.38 bits per heavy atom. The van der Waals surface area contributed by atoms with Crippen LogP contribution in [0.3, 0.4) is 0 Å². The normalized spacial score (nSPS) is 17.1. The molecule has 1 aromatic heterocycles. The molecule has 1 aromatic rings. The van der Waals surface area contributed by atoms with Crippen molar-refractivity contribution in [2.24, 2.45) is 10.9 Å². The fraction of sp³-hybridized carbons (Fsp3) is 0.706. The van der Waals surface area contributed by atoms with E-state index in [1.54, 1.807) is 11.3 Å². The second-order valence-electron chi connectivity index (χ2n) is 6.74. The predicted molar refractivity (Wildman–Crippen MR) is 121 cm³/mol. The predicted octanol–water partition coefficient (Wildman–Crippen LogP) is 3.37. The van der Waals surface area contributed by atoms with Gasteiger partial charge in [0, 0.05) is 44.6 Å². The Labute approximate surface area is 191 Å². The van der Waals surface area contributed by atoms with Gasteiger partial charge in [-0.1, -0.05) is 6.07 Å². The highest BCUT2D eigenvalue weighted by molar-refractivity contribution is 14.0. The van der Waals surface area contributed by atoms with Crippen LogP contribution in [0.2, 0.25) is 0 Å². The molecule has 0 radical (unpaired) electrons. The van der Waals surface area contributed by atoms with E-state index in [9.17, 15) is 21.6 Å². The first-order chi connectivity index (χ1) is 13.1. The molecule has 0 spiro atoms. The van der Waals surface area contributed by atoms with E-state index in [0.717, 1.165) is 18.9 Å². The van der Waals surface area contributed by atoms with Crippen molar-refractivity contribution in [2.75, 3.05) is 39.8 Å². The van der Waals surface area contributed by atoms with Crippen LogP contribution in [0.15, 0.2) is 22.5 Å². The molecule has 1 fully saturated rings. The van der Waals surface area contributed by atoms with Crippen molar-refractivity contribution in [3.63, 3.8) is 0 Å². The summed E-state index contributed by atoms with van der Waals surface area (Å²) in [6.45, 7) is 3.72. The maximum Gasteiger partial charge on any atom is 0.511 e. The molecule has 1 N–H and O–H groups in total. The molecule has 1 aliphatic rings. The van der Waals surface area contributed by atoms with Gasteiger partial charge in [-0.05, 0) is 43.6 Å². The lowest BCUT2D eigenvalue weighted by Crippen LogP contribution is -2.45. The zero-order valence-electron chi connectivity index (χ0n) is 16.5. The van der Waals surface area contributed by atoms with Gasteiger partial charge in [-0.15, -0.1) is 35.3 Å². The Kier molecular flexibility index (Phi) is 10.7. The number of sulfonamides is 1. The first-order valence-corrected chi connectivity index (χ1v) is 11.6. The van der Waals surface area contributed by atoms with Gasteiger partial charge in [0.2, 0.25) is 0 Å². The molecule has 168 valence electrons. The van der Waals surface area contributed by atoms with E-state index in [1.165, 1.54) is 4.88 Å². The van der Waals surface area contributed by atoms with Crippen LogP contribution in [0.4, 0.5) is 13.2 Å². The number of aliphatic imine (C=N–C) groups is 1. The Morgan fingerprint density at radius 2 is 2.03 bits per heavy atom. The van der Waals surface area contributed by atoms with E-state index in [2.05, 4.69) is 16.4 Å². The lowest BCUT2D eigenvalue weighted by Gasteiger charge is -2.31. The van der Waals surface area contributed by atoms with Crippen LogP contribution in [-0.4, -0.2) is 68.9 Å². The smallest absolute Gasteiger partial charge is 0.357 e. The zero-order valence-corrected chi connectivity index (χ0v) is 20.4. The van der Waals surface area contributed by atoms with Gasteiger partial charge < -0.3 is 10.2 Å². The van der Waals surface area contributed by atoms with Crippen LogP contribution in [0.1, 0.15) is 24.6 Å². The topological polar surface area (TPSA) is 65.0 Å². The summed E-state index contributed by atoms with van der Waals surface area (Å²) < 4.78 is 61.5. The summed E-state index contributed by atoms with van der Waals surface area (Å²) in [5, 5.41) is 5.27. The van der Waals surface area contributed by atoms with Crippen LogP contribution >= 0.6 is 35.3 Å². The summed E-state index contributed by atoms with van der Waals surface area (Å²) in [5.74, 6) is 0.823. The summed E-state index contributed by atoms with van der Waals surface area (Å²) >= 11 is 1.71. The number of likely N-dealkylation sites (N-methyl/N-ethyl adjacent to an activating group) is 1. The van der Waals surface area contributed by atoms with Crippen LogP contribution < -0.4 is 5.32 Å². The highest BCUT2D eigenvalue weighted by atomic mass is 127. The Balaban J connectivity index is 0.00000420. The first kappa shape index (κ1) is 26.4. The molecule has 0 bridgehead atoms. The standard InChI is InChI=1S/C17H27F3N4O2S2.HI/c1-3-21-16(23(2)9-8-15-5-4-12-27-15)22-13-14-6-10-24(11-7-14)28(25,26)17(18,19)20;/h4-5,12,14H,3,6-11,13H2,1-2H3,(H,21,22);1H. The quantitative estimate of drug-likeness (QED) is 0.312. The molecule has 0 unspecified atom stereocenters. The Bertz CT molecular complexity index is 734. The van der Waals surface area contributed by atoms with Crippen molar-refractivity contribution in [2.45, 2.75) is 31.7 Å². The molecule has 12 heteroatoms. The van der Waals surface area contributed by atoms with Crippen molar-refractivity contribution in [1.29, 1.82) is 0 Å². The number of piperidine rings is 1. The number of alkyl halides is 3. The molecule has 29 heavy (non-hydrogen) atoms. The van der Waals surface area contributed by atoms with Crippen LogP contribution in [0, 0.1) is 5.92 Å². The number of hydrogen-bond donors (Lipinski definition) is 1. The maximum atomic E-state index is 12.7. The van der Waals surface area contributed by atoms with Gasteiger partial charge >= 0.3 is 15.5 Å². The summed E-state index contributed by atoms with van der Waals surface area (Å²) in [7, 11) is -3.28. The third-order valence-electron chi connectivity index (χ3n) is 4.68. The second kappa shape index (κ2) is 11.7. The van der Waals surface area contributed by atoms with E-state index in [4.69, 9.17) is 0 Å². The van der Waals surface area contributed by atoms with Crippen molar-refractivity contribution in [1.82, 2.24) is 14.5 Å². The lowest BCUT2D eigenvalue weighted by atomic mass is 9.98. The van der Waals surface area contributed by atoms with E-state index < -0.39 is 15.5 Å². The number of rotatable bonds is 7. The Morgan fingerprint density at radius 3 is 2.55 bits per heavy atom. The molecule has 1 saturated heterocycles. The molecule has 1 aliphatic heterocycles. The van der Waals surface area contributed by atoms with Gasteiger partial charge in [-0.25, -0.2) is 8.42 Å². The molecule has 0 saturated carbocycles. The molecule has 6 nitrogen and oxygen atoms in total. The van der Waals surface area contributed by atoms with E-state index in [1.807, 2.05) is 30.3 Å². The van der Waals surface area contributed by atoms with Crippen molar-refractivity contribution < 1.29 is 21.6 Å². The monoisotopic (exact) mass is 568 g/mol. The van der Waals surface area contributed by atoms with E-state index in [-0.39, 0.29) is 43.0 Å². The number of thiophene rings is 1. The molecular formula is C17H28F3IN4O2S2. The molecule has 0 aliphatic carbocycles. The fourth-order valence-corrected chi connectivity index (χ4v) is 4.68. The molecule has 0 atom stereocenters. The third-order valence-corrected chi connectivity index (χ3v) is 7.24. The number of hydrogen-bond acceptors (Lipinski definition) is 4. The minimum absolute atomic E-state index is 0. The first-order valence-electron chi connectivity index (χ1n) is 9.23. The summed E-state index contributed by atoms with van der Waals surface area (Å²) in [6, 6.07) is 4.11. The van der Waals surface area contributed by atoms with Gasteiger partial charge in [0.05, 0.1) is 0 Å². The van der Waals surface area contributed by atoms with Gasteiger partial charge in [0.25, 0.3) is 0 Å². The van der Waals surface area contributed by atoms with Crippen LogP contribution in [0.25, 0.3) is 0 Å². The number of guanidine groups is 1. The number of nitrogens with zero attached hydrogens (tertiary/aromatic N) is 3. The highest BCUT2D eigenvalue weighted by Crippen LogP contribution is 2.30. The van der Waals surface area contributed by atoms with Gasteiger partial charge in [0.1, 0.15) is 0 Å². The molecule has 0 amide bonds. The lowest BCUT2D eigenvalue weighted by molar-refractivity contribution is -0.0496. The van der Waals surface area contributed by atoms with Crippen LogP contribution in [-0.2, 0) is 16.4 Å². The van der Waals surface area contributed by atoms with E-state index >= 15 is 0 Å². The second-order valence-corrected chi connectivity index (χ2v) is 9.70. The van der Waals surface area contributed by atoms with Crippen molar-refractivity contribution in [3.05, 3.63) is 22.4 Å². The molecule has 0 aromatic carbocycles. The number of halogens is 4. The average molecular weight is 568 g/mol. The Hall–Kier alpha value is -0.600. The molecular weight excluding hydrogens is 540 g/mol. The zero-order chi connectivity index (χ0) is 20.8. The molecule has 2 rings (SSSR count). The largest absolute Gasteiger partial charge is 0.511 e. The summed E-state index contributed by atoms with van der Waals surface area (Å²) in [5.41, 5.74) is -5.23. The molecule has 2 heterocycles. The van der Waals surface area contributed by atoms with E-state index in [0.29, 0.717) is 30.2 Å². The van der Waals surface area contributed by atoms with Crippen molar-refractivity contribution >= 4 is 51.3 Å². The maximum absolute atomic E-state index is 12.7. The highest BCUT2D eigenvalue weighted by Gasteiger charge is 2.50. The average Bonchev–Trinajstić information content (AvgIpc) is 3.16. The third kappa shape index (κ3) is 7.55.